The maximum atomic E-state index is 5.99. The Kier molecular flexibility index (Phi) is 4.45. The summed E-state index contributed by atoms with van der Waals surface area (Å²) in [7, 11) is 3.45. The highest BCUT2D eigenvalue weighted by Crippen LogP contribution is 2.31. The molecule has 0 atom stereocenters. The molecule has 0 aliphatic rings. The lowest BCUT2D eigenvalue weighted by Gasteiger charge is -2.12. The van der Waals surface area contributed by atoms with Gasteiger partial charge in [0.05, 0.1) is 12.7 Å². The highest BCUT2D eigenvalue weighted by atomic mass is 35.5. The molecule has 2 aromatic rings. The summed E-state index contributed by atoms with van der Waals surface area (Å²) in [6.07, 6.45) is 0. The first-order valence-corrected chi connectivity index (χ1v) is 6.83. The number of nitrogens with zero attached hydrogens (tertiary/aromatic N) is 2. The molecule has 20 heavy (non-hydrogen) atoms. The van der Waals surface area contributed by atoms with E-state index in [9.17, 15) is 0 Å². The lowest BCUT2D eigenvalue weighted by molar-refractivity contribution is 0.416. The molecule has 1 aromatic heterocycles. The van der Waals surface area contributed by atoms with E-state index in [4.69, 9.17) is 16.3 Å². The van der Waals surface area contributed by atoms with Gasteiger partial charge in [-0.05, 0) is 24.1 Å². The molecule has 0 amide bonds. The van der Waals surface area contributed by atoms with Gasteiger partial charge in [0.2, 0.25) is 0 Å². The molecule has 0 spiro atoms. The maximum absolute atomic E-state index is 5.99. The van der Waals surface area contributed by atoms with Gasteiger partial charge in [0.25, 0.3) is 0 Å². The number of methoxy groups -OCH3 is 1. The predicted molar refractivity (Wildman–Crippen MR) is 82.7 cm³/mol. The Bertz CT molecular complexity index is 614. The van der Waals surface area contributed by atoms with E-state index in [0.717, 1.165) is 17.1 Å². The molecule has 1 aromatic carbocycles. The lowest BCUT2D eigenvalue weighted by Crippen LogP contribution is -2.03. The Morgan fingerprint density at radius 1 is 1.20 bits per heavy atom. The summed E-state index contributed by atoms with van der Waals surface area (Å²) in [4.78, 5) is 9.11. The van der Waals surface area contributed by atoms with Gasteiger partial charge in [-0.3, -0.25) is 0 Å². The number of aromatic nitrogens is 2. The molecular formula is C15H18ClN3O. The molecule has 106 valence electrons. The second-order valence-corrected chi connectivity index (χ2v) is 5.19. The Morgan fingerprint density at radius 2 is 1.95 bits per heavy atom. The van der Waals surface area contributed by atoms with Crippen LogP contribution in [0.1, 0.15) is 25.5 Å². The molecule has 4 nitrogen and oxygen atoms in total. The monoisotopic (exact) mass is 291 g/mol. The van der Waals surface area contributed by atoms with Crippen molar-refractivity contribution in [3.63, 3.8) is 0 Å². The van der Waals surface area contributed by atoms with E-state index < -0.39 is 0 Å². The van der Waals surface area contributed by atoms with Crippen molar-refractivity contribution in [3.8, 4) is 17.1 Å². The molecule has 1 heterocycles. The van der Waals surface area contributed by atoms with Gasteiger partial charge in [-0.25, -0.2) is 9.97 Å². The highest BCUT2D eigenvalue weighted by Gasteiger charge is 2.13. The smallest absolute Gasteiger partial charge is 0.165 e. The van der Waals surface area contributed by atoms with Gasteiger partial charge >= 0.3 is 0 Å². The van der Waals surface area contributed by atoms with Crippen molar-refractivity contribution in [1.82, 2.24) is 9.97 Å². The number of rotatable bonds is 4. The first-order valence-electron chi connectivity index (χ1n) is 6.45. The van der Waals surface area contributed by atoms with Crippen LogP contribution in [-0.2, 0) is 0 Å². The van der Waals surface area contributed by atoms with Crippen LogP contribution in [0, 0.1) is 0 Å². The maximum Gasteiger partial charge on any atom is 0.165 e. The van der Waals surface area contributed by atoms with E-state index >= 15 is 0 Å². The molecule has 5 heteroatoms. The number of nitrogens with one attached hydrogen (secondary N) is 1. The number of hydrogen-bond acceptors (Lipinski definition) is 4. The summed E-state index contributed by atoms with van der Waals surface area (Å²) in [6.45, 7) is 4.20. The van der Waals surface area contributed by atoms with E-state index in [1.807, 2.05) is 25.2 Å². The Morgan fingerprint density at radius 3 is 2.55 bits per heavy atom. The molecule has 0 radical (unpaired) electrons. The van der Waals surface area contributed by atoms with E-state index in [0.29, 0.717) is 22.5 Å². The molecule has 0 bridgehead atoms. The first kappa shape index (κ1) is 14.6. The van der Waals surface area contributed by atoms with Gasteiger partial charge in [-0.2, -0.15) is 0 Å². The van der Waals surface area contributed by atoms with Crippen LogP contribution in [0.2, 0.25) is 5.02 Å². The molecule has 2 rings (SSSR count). The summed E-state index contributed by atoms with van der Waals surface area (Å²) in [5.41, 5.74) is 1.81. The largest absolute Gasteiger partial charge is 0.496 e. The van der Waals surface area contributed by atoms with Crippen LogP contribution in [0.25, 0.3) is 11.4 Å². The highest BCUT2D eigenvalue weighted by molar-refractivity contribution is 6.30. The van der Waals surface area contributed by atoms with Crippen molar-refractivity contribution in [1.29, 1.82) is 0 Å². The van der Waals surface area contributed by atoms with Crippen LogP contribution in [0.4, 0.5) is 5.82 Å². The SMILES string of the molecule is CNc1cc(C(C)C)nc(-c2ccc(Cl)cc2OC)n1. The number of halogens is 1. The summed E-state index contributed by atoms with van der Waals surface area (Å²) < 4.78 is 5.37. The van der Waals surface area contributed by atoms with Crippen LogP contribution >= 0.6 is 11.6 Å². The van der Waals surface area contributed by atoms with Crippen molar-refractivity contribution in [2.24, 2.45) is 0 Å². The van der Waals surface area contributed by atoms with Crippen molar-refractivity contribution in [2.45, 2.75) is 19.8 Å². The normalized spacial score (nSPS) is 10.7. The zero-order valence-corrected chi connectivity index (χ0v) is 12.8. The Balaban J connectivity index is 2.59. The molecule has 1 N–H and O–H groups in total. The third-order valence-corrected chi connectivity index (χ3v) is 3.23. The molecular weight excluding hydrogens is 274 g/mol. The molecule has 0 saturated carbocycles. The van der Waals surface area contributed by atoms with E-state index in [-0.39, 0.29) is 0 Å². The fourth-order valence-electron chi connectivity index (χ4n) is 1.86. The van der Waals surface area contributed by atoms with E-state index in [2.05, 4.69) is 29.1 Å². The molecule has 0 aliphatic carbocycles. The van der Waals surface area contributed by atoms with Crippen LogP contribution in [-0.4, -0.2) is 24.1 Å². The van der Waals surface area contributed by atoms with Crippen LogP contribution in [0.15, 0.2) is 24.3 Å². The van der Waals surface area contributed by atoms with Crippen molar-refractivity contribution in [2.75, 3.05) is 19.5 Å². The third-order valence-electron chi connectivity index (χ3n) is 3.00. The first-order chi connectivity index (χ1) is 9.55. The predicted octanol–water partition coefficient (Wildman–Crippen LogP) is 3.97. The second-order valence-electron chi connectivity index (χ2n) is 4.75. The minimum absolute atomic E-state index is 0.321. The van der Waals surface area contributed by atoms with Gasteiger partial charge in [-0.1, -0.05) is 25.4 Å². The minimum atomic E-state index is 0.321. The van der Waals surface area contributed by atoms with Crippen LogP contribution in [0.3, 0.4) is 0 Å². The Hall–Kier alpha value is -1.81. The number of benzene rings is 1. The van der Waals surface area contributed by atoms with Gasteiger partial charge in [0.1, 0.15) is 11.6 Å². The summed E-state index contributed by atoms with van der Waals surface area (Å²) in [5, 5.41) is 3.69. The van der Waals surface area contributed by atoms with Gasteiger partial charge in [0.15, 0.2) is 5.82 Å². The topological polar surface area (TPSA) is 47.0 Å². The van der Waals surface area contributed by atoms with Crippen molar-refractivity contribution in [3.05, 3.63) is 35.0 Å². The zero-order chi connectivity index (χ0) is 14.7. The quantitative estimate of drug-likeness (QED) is 0.926. The fraction of sp³-hybridized carbons (Fsp3) is 0.333. The van der Waals surface area contributed by atoms with Gasteiger partial charge in [-0.15, -0.1) is 0 Å². The van der Waals surface area contributed by atoms with Crippen molar-refractivity contribution >= 4 is 17.4 Å². The lowest BCUT2D eigenvalue weighted by atomic mass is 10.1. The zero-order valence-electron chi connectivity index (χ0n) is 12.1. The number of ether oxygens (including phenoxy) is 1. The van der Waals surface area contributed by atoms with Crippen LogP contribution in [0.5, 0.6) is 5.75 Å². The van der Waals surface area contributed by atoms with E-state index in [1.54, 1.807) is 13.2 Å². The fourth-order valence-corrected chi connectivity index (χ4v) is 2.02. The summed E-state index contributed by atoms with van der Waals surface area (Å²) >= 11 is 5.99. The number of anilines is 1. The van der Waals surface area contributed by atoms with Crippen LogP contribution < -0.4 is 10.1 Å². The van der Waals surface area contributed by atoms with Gasteiger partial charge in [0, 0.05) is 23.8 Å². The molecule has 0 saturated heterocycles. The molecule has 0 fully saturated rings. The molecule has 0 aliphatic heterocycles. The minimum Gasteiger partial charge on any atom is -0.496 e. The average Bonchev–Trinajstić information content (AvgIpc) is 2.46. The number of hydrogen-bond donors (Lipinski definition) is 1. The summed E-state index contributed by atoms with van der Waals surface area (Å²) in [5.74, 6) is 2.41. The standard InChI is InChI=1S/C15H18ClN3O/c1-9(2)12-8-14(17-3)19-15(18-12)11-6-5-10(16)7-13(11)20-4/h5-9H,1-4H3,(H,17,18,19). The average molecular weight is 292 g/mol. The second kappa shape index (κ2) is 6.09. The Labute approximate surface area is 124 Å². The molecule has 0 unspecified atom stereocenters. The van der Waals surface area contributed by atoms with E-state index in [1.165, 1.54) is 0 Å². The van der Waals surface area contributed by atoms with Crippen molar-refractivity contribution < 1.29 is 4.74 Å². The third kappa shape index (κ3) is 3.02. The van der Waals surface area contributed by atoms with Gasteiger partial charge < -0.3 is 10.1 Å². The summed E-state index contributed by atoms with van der Waals surface area (Å²) in [6, 6.07) is 7.40.